The molecule has 1 heterocycles. The van der Waals surface area contributed by atoms with E-state index in [0.717, 1.165) is 22.9 Å². The van der Waals surface area contributed by atoms with Crippen LogP contribution in [0.1, 0.15) is 5.56 Å². The fourth-order valence-corrected chi connectivity index (χ4v) is 2.03. The Balaban J connectivity index is 2.54. The minimum Gasteiger partial charge on any atom is -0.478 e. The Labute approximate surface area is 121 Å². The second kappa shape index (κ2) is 5.06. The van der Waals surface area contributed by atoms with Crippen LogP contribution in [0.15, 0.2) is 18.2 Å². The maximum Gasteiger partial charge on any atom is 0.416 e. The van der Waals surface area contributed by atoms with E-state index in [9.17, 15) is 13.2 Å². The third kappa shape index (κ3) is 2.51. The van der Waals surface area contributed by atoms with Crippen molar-refractivity contribution in [2.24, 2.45) is 0 Å². The number of benzene rings is 1. The Morgan fingerprint density at radius 3 is 2.40 bits per heavy atom. The van der Waals surface area contributed by atoms with Crippen molar-refractivity contribution < 1.29 is 17.9 Å². The van der Waals surface area contributed by atoms with E-state index in [1.165, 1.54) is 7.11 Å². The fraction of sp³-hybridized carbons (Fsp3) is 0.182. The van der Waals surface area contributed by atoms with Gasteiger partial charge in [0.2, 0.25) is 0 Å². The van der Waals surface area contributed by atoms with Gasteiger partial charge in [-0.1, -0.05) is 23.2 Å². The summed E-state index contributed by atoms with van der Waals surface area (Å²) >= 11 is 11.8. The molecule has 0 spiro atoms. The van der Waals surface area contributed by atoms with Gasteiger partial charge in [0, 0.05) is 0 Å². The Bertz CT molecular complexity index is 655. The molecule has 0 saturated carbocycles. The van der Waals surface area contributed by atoms with Crippen molar-refractivity contribution in [1.82, 2.24) is 9.78 Å². The van der Waals surface area contributed by atoms with Gasteiger partial charge in [0.15, 0.2) is 5.15 Å². The Morgan fingerprint density at radius 1 is 1.30 bits per heavy atom. The first-order valence-corrected chi connectivity index (χ1v) is 5.96. The van der Waals surface area contributed by atoms with Gasteiger partial charge in [-0.15, -0.1) is 5.10 Å². The smallest absolute Gasteiger partial charge is 0.416 e. The lowest BCUT2D eigenvalue weighted by atomic mass is 10.2. The van der Waals surface area contributed by atoms with Crippen molar-refractivity contribution in [2.45, 2.75) is 6.18 Å². The number of aromatic nitrogens is 2. The Morgan fingerprint density at radius 2 is 1.95 bits per heavy atom. The van der Waals surface area contributed by atoms with Gasteiger partial charge >= 0.3 is 6.18 Å². The highest BCUT2D eigenvalue weighted by molar-refractivity contribution is 6.34. The van der Waals surface area contributed by atoms with Crippen LogP contribution >= 0.6 is 23.2 Å². The van der Waals surface area contributed by atoms with E-state index < -0.39 is 11.7 Å². The van der Waals surface area contributed by atoms with Gasteiger partial charge in [-0.3, -0.25) is 0 Å². The van der Waals surface area contributed by atoms with E-state index in [1.807, 2.05) is 0 Å². The van der Waals surface area contributed by atoms with Crippen LogP contribution in [0.25, 0.3) is 5.69 Å². The summed E-state index contributed by atoms with van der Waals surface area (Å²) < 4.78 is 43.7. The van der Waals surface area contributed by atoms with Crippen LogP contribution in [0.4, 0.5) is 18.9 Å². The van der Waals surface area contributed by atoms with Gasteiger partial charge in [0.25, 0.3) is 5.88 Å². The largest absolute Gasteiger partial charge is 0.478 e. The number of nitrogen functional groups attached to an aromatic ring is 1. The number of ether oxygens (including phenoxy) is 1. The maximum absolute atomic E-state index is 12.6. The third-order valence-corrected chi connectivity index (χ3v) is 3.19. The molecule has 0 atom stereocenters. The van der Waals surface area contributed by atoms with Crippen molar-refractivity contribution in [1.29, 1.82) is 0 Å². The third-order valence-electron chi connectivity index (χ3n) is 2.53. The molecule has 0 amide bonds. The van der Waals surface area contributed by atoms with Gasteiger partial charge < -0.3 is 10.5 Å². The maximum atomic E-state index is 12.6. The molecule has 0 bridgehead atoms. The molecule has 0 aliphatic carbocycles. The standard InChI is InChI=1S/C11H8Cl2F3N3O/c1-20-10-8(17)9(13)19(18-10)7-3-2-5(4-6(7)12)11(14,15)16/h2-4H,17H2,1H3. The van der Waals surface area contributed by atoms with Crippen molar-refractivity contribution in [3.8, 4) is 11.6 Å². The number of alkyl halides is 3. The lowest BCUT2D eigenvalue weighted by molar-refractivity contribution is -0.137. The normalized spacial score (nSPS) is 11.7. The monoisotopic (exact) mass is 325 g/mol. The van der Waals surface area contributed by atoms with Crippen LogP contribution in [0.3, 0.4) is 0 Å². The van der Waals surface area contributed by atoms with Gasteiger partial charge in [-0.2, -0.15) is 13.2 Å². The molecule has 0 saturated heterocycles. The zero-order valence-corrected chi connectivity index (χ0v) is 11.5. The van der Waals surface area contributed by atoms with Crippen LogP contribution < -0.4 is 10.5 Å². The van der Waals surface area contributed by atoms with Crippen molar-refractivity contribution >= 4 is 28.9 Å². The number of halogens is 5. The summed E-state index contributed by atoms with van der Waals surface area (Å²) in [6, 6.07) is 2.82. The summed E-state index contributed by atoms with van der Waals surface area (Å²) in [7, 11) is 1.34. The first-order valence-electron chi connectivity index (χ1n) is 5.20. The lowest BCUT2D eigenvalue weighted by Gasteiger charge is -2.10. The predicted octanol–water partition coefficient (Wildman–Crippen LogP) is 3.79. The first-order chi connectivity index (χ1) is 9.25. The molecular weight excluding hydrogens is 318 g/mol. The van der Waals surface area contributed by atoms with Crippen LogP contribution in [0.5, 0.6) is 5.88 Å². The minimum atomic E-state index is -4.48. The molecule has 2 rings (SSSR count). The van der Waals surface area contributed by atoms with Gasteiger partial charge in [0.1, 0.15) is 5.69 Å². The zero-order chi connectivity index (χ0) is 15.1. The Kier molecular flexibility index (Phi) is 3.75. The number of nitrogens with zero attached hydrogens (tertiary/aromatic N) is 2. The number of hydrogen-bond donors (Lipinski definition) is 1. The topological polar surface area (TPSA) is 53.1 Å². The van der Waals surface area contributed by atoms with E-state index in [0.29, 0.717) is 0 Å². The molecule has 1 aromatic heterocycles. The second-order valence-electron chi connectivity index (χ2n) is 3.79. The first kappa shape index (κ1) is 14.8. The summed E-state index contributed by atoms with van der Waals surface area (Å²) in [4.78, 5) is 0. The molecule has 0 aliphatic rings. The number of anilines is 1. The van der Waals surface area contributed by atoms with E-state index >= 15 is 0 Å². The van der Waals surface area contributed by atoms with Crippen LogP contribution in [-0.2, 0) is 6.18 Å². The highest BCUT2D eigenvalue weighted by Gasteiger charge is 2.31. The fourth-order valence-electron chi connectivity index (χ4n) is 1.56. The molecule has 9 heteroatoms. The summed E-state index contributed by atoms with van der Waals surface area (Å²) in [5.74, 6) is 0.0611. The predicted molar refractivity (Wildman–Crippen MR) is 69.6 cm³/mol. The quantitative estimate of drug-likeness (QED) is 0.913. The van der Waals surface area contributed by atoms with Gasteiger partial charge in [-0.05, 0) is 18.2 Å². The molecule has 0 fully saturated rings. The number of nitrogens with two attached hydrogens (primary N) is 1. The highest BCUT2D eigenvalue weighted by atomic mass is 35.5. The van der Waals surface area contributed by atoms with Crippen molar-refractivity contribution in [2.75, 3.05) is 12.8 Å². The van der Waals surface area contributed by atoms with Crippen LogP contribution in [0, 0.1) is 0 Å². The number of hydrogen-bond acceptors (Lipinski definition) is 3. The molecule has 0 aliphatic heterocycles. The number of methoxy groups -OCH3 is 1. The molecule has 1 aromatic carbocycles. The van der Waals surface area contributed by atoms with Crippen LogP contribution in [0.2, 0.25) is 10.2 Å². The van der Waals surface area contributed by atoms with E-state index in [1.54, 1.807) is 0 Å². The average Bonchev–Trinajstić information content (AvgIpc) is 2.65. The average molecular weight is 326 g/mol. The molecule has 2 N–H and O–H groups in total. The van der Waals surface area contributed by atoms with Crippen LogP contribution in [-0.4, -0.2) is 16.9 Å². The molecule has 20 heavy (non-hydrogen) atoms. The zero-order valence-electron chi connectivity index (χ0n) is 10.0. The van der Waals surface area contributed by atoms with Gasteiger partial charge in [-0.25, -0.2) is 4.68 Å². The van der Waals surface area contributed by atoms with Crippen molar-refractivity contribution in [3.05, 3.63) is 33.9 Å². The molecule has 0 radical (unpaired) electrons. The number of rotatable bonds is 2. The van der Waals surface area contributed by atoms with Gasteiger partial charge in [0.05, 0.1) is 23.4 Å². The second-order valence-corrected chi connectivity index (χ2v) is 4.55. The summed E-state index contributed by atoms with van der Waals surface area (Å²) in [5.41, 5.74) is 5.01. The summed E-state index contributed by atoms with van der Waals surface area (Å²) in [6.45, 7) is 0. The molecule has 4 nitrogen and oxygen atoms in total. The Hall–Kier alpha value is -1.60. The highest BCUT2D eigenvalue weighted by Crippen LogP contribution is 2.36. The SMILES string of the molecule is COc1nn(-c2ccc(C(F)(F)F)cc2Cl)c(Cl)c1N. The summed E-state index contributed by atoms with van der Waals surface area (Å²) in [5, 5.41) is 3.77. The molecular formula is C11H8Cl2F3N3O. The van der Waals surface area contributed by atoms with E-state index in [2.05, 4.69) is 5.10 Å². The molecule has 2 aromatic rings. The van der Waals surface area contributed by atoms with E-state index in [-0.39, 0.29) is 27.4 Å². The summed E-state index contributed by atoms with van der Waals surface area (Å²) in [6.07, 6.45) is -4.48. The van der Waals surface area contributed by atoms with Crippen molar-refractivity contribution in [3.63, 3.8) is 0 Å². The molecule has 0 unspecified atom stereocenters. The molecule has 108 valence electrons. The van der Waals surface area contributed by atoms with E-state index in [4.69, 9.17) is 33.7 Å². The minimum absolute atomic E-state index is 0.00325. The lowest BCUT2D eigenvalue weighted by Crippen LogP contribution is -2.06.